The van der Waals surface area contributed by atoms with Gasteiger partial charge in [-0.2, -0.15) is 5.26 Å². The van der Waals surface area contributed by atoms with Gasteiger partial charge in [-0.1, -0.05) is 18.2 Å². The molecule has 0 N–H and O–H groups in total. The van der Waals surface area contributed by atoms with Gasteiger partial charge in [0.25, 0.3) is 0 Å². The summed E-state index contributed by atoms with van der Waals surface area (Å²) >= 11 is 0. The third kappa shape index (κ3) is 4.76. The molecule has 0 aliphatic rings. The lowest BCUT2D eigenvalue weighted by Crippen LogP contribution is -2.38. The summed E-state index contributed by atoms with van der Waals surface area (Å²) in [5.74, 6) is 0.830. The molecule has 0 saturated carbocycles. The molecule has 0 spiro atoms. The van der Waals surface area contributed by atoms with Gasteiger partial charge in [-0.15, -0.1) is 0 Å². The van der Waals surface area contributed by atoms with Crippen LogP contribution >= 0.6 is 0 Å². The van der Waals surface area contributed by atoms with E-state index in [1.807, 2.05) is 49.2 Å². The molecule has 0 aliphatic heterocycles. The van der Waals surface area contributed by atoms with Gasteiger partial charge in [0.1, 0.15) is 5.75 Å². The maximum atomic E-state index is 12.1. The van der Waals surface area contributed by atoms with Crippen LogP contribution in [0.5, 0.6) is 5.75 Å². The number of rotatable bonds is 7. The fourth-order valence-corrected chi connectivity index (χ4v) is 2.06. The Bertz CT molecular complexity index is 510. The van der Waals surface area contributed by atoms with Gasteiger partial charge in [0.2, 0.25) is 5.91 Å². The lowest BCUT2D eigenvalue weighted by Gasteiger charge is -2.27. The number of para-hydroxylation sites is 1. The zero-order chi connectivity index (χ0) is 15.8. The highest BCUT2D eigenvalue weighted by Gasteiger charge is 2.19. The summed E-state index contributed by atoms with van der Waals surface area (Å²) < 4.78 is 5.36. The van der Waals surface area contributed by atoms with Crippen LogP contribution in [-0.2, 0) is 4.79 Å². The van der Waals surface area contributed by atoms with E-state index in [0.29, 0.717) is 19.5 Å². The number of nitriles is 1. The molecule has 5 nitrogen and oxygen atoms in total. The van der Waals surface area contributed by atoms with Gasteiger partial charge in [0.05, 0.1) is 26.1 Å². The lowest BCUT2D eigenvalue weighted by atomic mass is 10.1. The maximum absolute atomic E-state index is 12.1. The molecular weight excluding hydrogens is 266 g/mol. The normalized spacial score (nSPS) is 11.8. The molecule has 0 heterocycles. The number of hydrogen-bond acceptors (Lipinski definition) is 4. The van der Waals surface area contributed by atoms with Crippen molar-refractivity contribution in [2.45, 2.75) is 19.4 Å². The van der Waals surface area contributed by atoms with Crippen molar-refractivity contribution in [1.82, 2.24) is 9.80 Å². The fourth-order valence-electron chi connectivity index (χ4n) is 2.06. The Hall–Kier alpha value is -2.06. The van der Waals surface area contributed by atoms with E-state index in [4.69, 9.17) is 10.00 Å². The van der Waals surface area contributed by atoms with Crippen LogP contribution in [0, 0.1) is 11.3 Å². The highest BCUT2D eigenvalue weighted by molar-refractivity contribution is 5.78. The van der Waals surface area contributed by atoms with E-state index in [9.17, 15) is 4.79 Å². The van der Waals surface area contributed by atoms with E-state index in [1.54, 1.807) is 19.1 Å². The predicted octanol–water partition coefficient (Wildman–Crippen LogP) is 2.06. The minimum atomic E-state index is 0.00879. The van der Waals surface area contributed by atoms with E-state index < -0.39 is 0 Å². The predicted molar refractivity (Wildman–Crippen MR) is 81.9 cm³/mol. The van der Waals surface area contributed by atoms with E-state index in [-0.39, 0.29) is 11.9 Å². The summed E-state index contributed by atoms with van der Waals surface area (Å²) in [4.78, 5) is 15.7. The largest absolute Gasteiger partial charge is 0.496 e. The third-order valence-electron chi connectivity index (χ3n) is 3.62. The molecule has 5 heteroatoms. The molecule has 0 aromatic heterocycles. The second-order valence-corrected chi connectivity index (χ2v) is 5.06. The minimum Gasteiger partial charge on any atom is -0.496 e. The Balaban J connectivity index is 2.68. The summed E-state index contributed by atoms with van der Waals surface area (Å²) in [7, 11) is 5.28. The Morgan fingerprint density at radius 3 is 2.67 bits per heavy atom. The van der Waals surface area contributed by atoms with Crippen molar-refractivity contribution in [3.05, 3.63) is 29.8 Å². The van der Waals surface area contributed by atoms with Crippen LogP contribution in [0.4, 0.5) is 0 Å². The molecule has 0 fully saturated rings. The monoisotopic (exact) mass is 289 g/mol. The molecule has 1 aromatic carbocycles. The number of amides is 1. The van der Waals surface area contributed by atoms with Crippen molar-refractivity contribution in [1.29, 1.82) is 5.26 Å². The minimum absolute atomic E-state index is 0.00879. The van der Waals surface area contributed by atoms with Crippen LogP contribution in [0.25, 0.3) is 0 Å². The molecule has 21 heavy (non-hydrogen) atoms. The lowest BCUT2D eigenvalue weighted by molar-refractivity contribution is -0.131. The molecule has 0 saturated heterocycles. The number of carbonyl (C=O) groups excluding carboxylic acids is 1. The molecule has 1 amide bonds. The number of likely N-dealkylation sites (N-methyl/N-ethyl adjacent to an activating group) is 2. The molecule has 0 radical (unpaired) electrons. The first-order valence-electron chi connectivity index (χ1n) is 6.95. The van der Waals surface area contributed by atoms with Crippen molar-refractivity contribution in [3.63, 3.8) is 0 Å². The molecule has 1 rings (SSSR count). The van der Waals surface area contributed by atoms with Crippen LogP contribution in [0.2, 0.25) is 0 Å². The van der Waals surface area contributed by atoms with Crippen molar-refractivity contribution in [2.24, 2.45) is 0 Å². The molecule has 0 aliphatic carbocycles. The summed E-state index contributed by atoms with van der Waals surface area (Å²) in [5, 5.41) is 8.56. The van der Waals surface area contributed by atoms with Gasteiger partial charge < -0.3 is 9.64 Å². The van der Waals surface area contributed by atoms with Crippen molar-refractivity contribution < 1.29 is 9.53 Å². The number of hydrogen-bond donors (Lipinski definition) is 0. The van der Waals surface area contributed by atoms with Crippen LogP contribution in [0.1, 0.15) is 24.9 Å². The first-order chi connectivity index (χ1) is 10.0. The zero-order valence-corrected chi connectivity index (χ0v) is 13.2. The number of ether oxygens (including phenoxy) is 1. The van der Waals surface area contributed by atoms with E-state index >= 15 is 0 Å². The maximum Gasteiger partial charge on any atom is 0.236 e. The Kier molecular flexibility index (Phi) is 6.70. The highest BCUT2D eigenvalue weighted by Crippen LogP contribution is 2.27. The average Bonchev–Trinajstić information content (AvgIpc) is 2.51. The summed E-state index contributed by atoms with van der Waals surface area (Å²) in [6, 6.07) is 9.92. The van der Waals surface area contributed by atoms with Crippen molar-refractivity contribution in [3.8, 4) is 11.8 Å². The molecule has 1 aromatic rings. The SMILES string of the molecule is COc1ccccc1[C@@H](C)N(C)CC(=O)N(C)CCC#N. The first-order valence-corrected chi connectivity index (χ1v) is 6.95. The van der Waals surface area contributed by atoms with Gasteiger partial charge in [0, 0.05) is 25.2 Å². The van der Waals surface area contributed by atoms with Crippen LogP contribution < -0.4 is 4.74 Å². The number of carbonyl (C=O) groups is 1. The Morgan fingerprint density at radius 1 is 1.38 bits per heavy atom. The molecular formula is C16H23N3O2. The fraction of sp³-hybridized carbons (Fsp3) is 0.500. The zero-order valence-electron chi connectivity index (χ0n) is 13.2. The van der Waals surface area contributed by atoms with Crippen molar-refractivity contribution >= 4 is 5.91 Å². The average molecular weight is 289 g/mol. The molecule has 0 bridgehead atoms. The molecule has 114 valence electrons. The topological polar surface area (TPSA) is 56.6 Å². The standard InChI is InChI=1S/C16H23N3O2/c1-13(14-8-5-6-9-15(14)21-4)19(3)12-16(20)18(2)11-7-10-17/h5-6,8-9,13H,7,11-12H2,1-4H3/t13-/m1/s1. The van der Waals surface area contributed by atoms with E-state index in [0.717, 1.165) is 11.3 Å². The van der Waals surface area contributed by atoms with Crippen LogP contribution in [0.3, 0.4) is 0 Å². The van der Waals surface area contributed by atoms with Gasteiger partial charge in [-0.05, 0) is 20.0 Å². The number of methoxy groups -OCH3 is 1. The van der Waals surface area contributed by atoms with E-state index in [2.05, 4.69) is 0 Å². The van der Waals surface area contributed by atoms with E-state index in [1.165, 1.54) is 0 Å². The van der Waals surface area contributed by atoms with Gasteiger partial charge in [-0.3, -0.25) is 9.69 Å². The van der Waals surface area contributed by atoms with Gasteiger partial charge >= 0.3 is 0 Å². The smallest absolute Gasteiger partial charge is 0.236 e. The van der Waals surface area contributed by atoms with Gasteiger partial charge in [0.15, 0.2) is 0 Å². The summed E-state index contributed by atoms with van der Waals surface area (Å²) in [5.41, 5.74) is 1.05. The summed E-state index contributed by atoms with van der Waals surface area (Å²) in [6.45, 7) is 2.81. The third-order valence-corrected chi connectivity index (χ3v) is 3.62. The quantitative estimate of drug-likeness (QED) is 0.771. The molecule has 0 unspecified atom stereocenters. The van der Waals surface area contributed by atoms with Gasteiger partial charge in [-0.25, -0.2) is 0 Å². The second-order valence-electron chi connectivity index (χ2n) is 5.06. The first kappa shape index (κ1) is 17.0. The second kappa shape index (κ2) is 8.28. The molecule has 1 atom stereocenters. The van der Waals surface area contributed by atoms with Crippen LogP contribution in [-0.4, -0.2) is 50.0 Å². The number of nitrogens with zero attached hydrogens (tertiary/aromatic N) is 3. The van der Waals surface area contributed by atoms with Crippen LogP contribution in [0.15, 0.2) is 24.3 Å². The number of benzene rings is 1. The highest BCUT2D eigenvalue weighted by atomic mass is 16.5. The Morgan fingerprint density at radius 2 is 2.05 bits per heavy atom. The van der Waals surface area contributed by atoms with Crippen molar-refractivity contribution in [2.75, 3.05) is 34.3 Å². The summed E-state index contributed by atoms with van der Waals surface area (Å²) in [6.07, 6.45) is 0.355. The Labute approximate surface area is 126 Å².